The highest BCUT2D eigenvalue weighted by Gasteiger charge is 2.35. The Kier molecular flexibility index (Phi) is 3.26. The van der Waals surface area contributed by atoms with Crippen LogP contribution in [0.3, 0.4) is 0 Å². The summed E-state index contributed by atoms with van der Waals surface area (Å²) < 4.78 is 4.67. The van der Waals surface area contributed by atoms with Gasteiger partial charge >= 0.3 is 5.97 Å². The molecule has 1 unspecified atom stereocenters. The van der Waals surface area contributed by atoms with E-state index in [0.717, 1.165) is 32.0 Å². The van der Waals surface area contributed by atoms with Crippen LogP contribution in [0.4, 0.5) is 0 Å². The van der Waals surface area contributed by atoms with Crippen molar-refractivity contribution in [1.29, 1.82) is 0 Å². The lowest BCUT2D eigenvalue weighted by Crippen LogP contribution is -2.45. The predicted octanol–water partition coefficient (Wildman–Crippen LogP) is 0.361. The molecule has 4 nitrogen and oxygen atoms in total. The SMILES string of the molecule is COC(=O)C(N)C1CCN(C2CC2)CC1. The summed E-state index contributed by atoms with van der Waals surface area (Å²) in [6.45, 7) is 2.19. The van der Waals surface area contributed by atoms with Crippen molar-refractivity contribution >= 4 is 5.97 Å². The first-order valence-electron chi connectivity index (χ1n) is 5.80. The Balaban J connectivity index is 1.79. The molecule has 2 N–H and O–H groups in total. The second kappa shape index (κ2) is 4.49. The standard InChI is InChI=1S/C11H20N2O2/c1-15-11(14)10(12)8-4-6-13(7-5-8)9-2-3-9/h8-10H,2-7,12H2,1H3. The Labute approximate surface area is 90.8 Å². The van der Waals surface area contributed by atoms with Gasteiger partial charge in [0.2, 0.25) is 0 Å². The highest BCUT2D eigenvalue weighted by atomic mass is 16.5. The Morgan fingerprint density at radius 3 is 2.40 bits per heavy atom. The van der Waals surface area contributed by atoms with Crippen LogP contribution < -0.4 is 5.73 Å². The lowest BCUT2D eigenvalue weighted by atomic mass is 9.90. The highest BCUT2D eigenvalue weighted by Crippen LogP contribution is 2.31. The van der Waals surface area contributed by atoms with E-state index in [2.05, 4.69) is 9.64 Å². The van der Waals surface area contributed by atoms with E-state index < -0.39 is 6.04 Å². The quantitative estimate of drug-likeness (QED) is 0.686. The van der Waals surface area contributed by atoms with Crippen LogP contribution in [-0.2, 0) is 9.53 Å². The molecule has 0 amide bonds. The van der Waals surface area contributed by atoms with Gasteiger partial charge in [-0.2, -0.15) is 0 Å². The molecule has 0 radical (unpaired) electrons. The zero-order chi connectivity index (χ0) is 10.8. The molecule has 1 aliphatic carbocycles. The normalized spacial score (nSPS) is 26.3. The van der Waals surface area contributed by atoms with Crippen molar-refractivity contribution in [2.45, 2.75) is 37.8 Å². The molecule has 1 heterocycles. The number of ether oxygens (including phenoxy) is 1. The van der Waals surface area contributed by atoms with Gasteiger partial charge in [0.1, 0.15) is 6.04 Å². The molecule has 1 atom stereocenters. The van der Waals surface area contributed by atoms with Crippen LogP contribution in [0.15, 0.2) is 0 Å². The van der Waals surface area contributed by atoms with E-state index in [1.54, 1.807) is 0 Å². The first-order valence-corrected chi connectivity index (χ1v) is 5.80. The number of hydrogen-bond acceptors (Lipinski definition) is 4. The fraction of sp³-hybridized carbons (Fsp3) is 0.909. The lowest BCUT2D eigenvalue weighted by molar-refractivity contribution is -0.144. The van der Waals surface area contributed by atoms with Gasteiger partial charge in [-0.15, -0.1) is 0 Å². The van der Waals surface area contributed by atoms with Crippen molar-refractivity contribution in [3.05, 3.63) is 0 Å². The van der Waals surface area contributed by atoms with Crippen LogP contribution >= 0.6 is 0 Å². The van der Waals surface area contributed by atoms with Gasteiger partial charge in [0, 0.05) is 6.04 Å². The van der Waals surface area contributed by atoms with Crippen molar-refractivity contribution in [2.24, 2.45) is 11.7 Å². The third-order valence-corrected chi connectivity index (χ3v) is 3.62. The minimum atomic E-state index is -0.420. The van der Waals surface area contributed by atoms with E-state index in [4.69, 9.17) is 5.73 Å². The van der Waals surface area contributed by atoms with E-state index in [-0.39, 0.29) is 5.97 Å². The van der Waals surface area contributed by atoms with Crippen LogP contribution in [0.5, 0.6) is 0 Å². The van der Waals surface area contributed by atoms with Crippen molar-refractivity contribution in [3.8, 4) is 0 Å². The van der Waals surface area contributed by atoms with Crippen LogP contribution in [0.1, 0.15) is 25.7 Å². The van der Waals surface area contributed by atoms with Gasteiger partial charge < -0.3 is 15.4 Å². The zero-order valence-electron chi connectivity index (χ0n) is 9.32. The van der Waals surface area contributed by atoms with Crippen LogP contribution in [-0.4, -0.2) is 43.2 Å². The van der Waals surface area contributed by atoms with Gasteiger partial charge in [-0.3, -0.25) is 4.79 Å². The Hall–Kier alpha value is -0.610. The third kappa shape index (κ3) is 2.49. The number of carbonyl (C=O) groups excluding carboxylic acids is 1. The maximum atomic E-state index is 11.3. The van der Waals surface area contributed by atoms with Crippen LogP contribution in [0, 0.1) is 5.92 Å². The molecule has 15 heavy (non-hydrogen) atoms. The molecular formula is C11H20N2O2. The Morgan fingerprint density at radius 1 is 1.33 bits per heavy atom. The first kappa shape index (κ1) is 10.9. The summed E-state index contributed by atoms with van der Waals surface area (Å²) in [6.07, 6.45) is 4.78. The number of methoxy groups -OCH3 is 1. The second-order valence-electron chi connectivity index (χ2n) is 4.65. The van der Waals surface area contributed by atoms with Gasteiger partial charge in [0.25, 0.3) is 0 Å². The van der Waals surface area contributed by atoms with Gasteiger partial charge in [-0.05, 0) is 44.7 Å². The monoisotopic (exact) mass is 212 g/mol. The summed E-state index contributed by atoms with van der Waals surface area (Å²) in [5.41, 5.74) is 5.85. The highest BCUT2D eigenvalue weighted by molar-refractivity contribution is 5.75. The third-order valence-electron chi connectivity index (χ3n) is 3.62. The molecule has 2 fully saturated rings. The minimum absolute atomic E-state index is 0.264. The Morgan fingerprint density at radius 2 is 1.93 bits per heavy atom. The summed E-state index contributed by atoms with van der Waals surface area (Å²) in [4.78, 5) is 13.8. The topological polar surface area (TPSA) is 55.6 Å². The van der Waals surface area contributed by atoms with Gasteiger partial charge in [0.05, 0.1) is 7.11 Å². The van der Waals surface area contributed by atoms with Crippen LogP contribution in [0.2, 0.25) is 0 Å². The second-order valence-corrected chi connectivity index (χ2v) is 4.65. The smallest absolute Gasteiger partial charge is 0.322 e. The molecule has 1 aliphatic heterocycles. The maximum Gasteiger partial charge on any atom is 0.322 e. The number of hydrogen-bond donors (Lipinski definition) is 1. The zero-order valence-corrected chi connectivity index (χ0v) is 9.32. The fourth-order valence-corrected chi connectivity index (χ4v) is 2.41. The fourth-order valence-electron chi connectivity index (χ4n) is 2.41. The first-order chi connectivity index (χ1) is 7.22. The van der Waals surface area contributed by atoms with Crippen molar-refractivity contribution < 1.29 is 9.53 Å². The van der Waals surface area contributed by atoms with E-state index in [1.165, 1.54) is 20.0 Å². The molecule has 0 aromatic heterocycles. The Bertz CT molecular complexity index is 233. The summed E-state index contributed by atoms with van der Waals surface area (Å²) in [6, 6.07) is 0.414. The number of esters is 1. The minimum Gasteiger partial charge on any atom is -0.468 e. The van der Waals surface area contributed by atoms with E-state index in [9.17, 15) is 4.79 Å². The molecule has 2 aliphatic rings. The van der Waals surface area contributed by atoms with Crippen molar-refractivity contribution in [1.82, 2.24) is 4.90 Å². The van der Waals surface area contributed by atoms with Gasteiger partial charge in [-0.25, -0.2) is 0 Å². The van der Waals surface area contributed by atoms with E-state index in [1.807, 2.05) is 0 Å². The number of nitrogens with zero attached hydrogens (tertiary/aromatic N) is 1. The summed E-state index contributed by atoms with van der Waals surface area (Å²) in [5, 5.41) is 0. The van der Waals surface area contributed by atoms with Gasteiger partial charge in [-0.1, -0.05) is 0 Å². The number of likely N-dealkylation sites (tertiary alicyclic amines) is 1. The van der Waals surface area contributed by atoms with Crippen molar-refractivity contribution in [2.75, 3.05) is 20.2 Å². The maximum absolute atomic E-state index is 11.3. The lowest BCUT2D eigenvalue weighted by Gasteiger charge is -2.33. The molecule has 0 aromatic carbocycles. The molecule has 0 bridgehead atoms. The molecular weight excluding hydrogens is 192 g/mol. The molecule has 1 saturated heterocycles. The largest absolute Gasteiger partial charge is 0.468 e. The average molecular weight is 212 g/mol. The number of piperidine rings is 1. The molecule has 4 heteroatoms. The van der Waals surface area contributed by atoms with Crippen molar-refractivity contribution in [3.63, 3.8) is 0 Å². The average Bonchev–Trinajstić information content (AvgIpc) is 3.11. The number of carbonyl (C=O) groups is 1. The van der Waals surface area contributed by atoms with E-state index >= 15 is 0 Å². The predicted molar refractivity (Wildman–Crippen MR) is 57.3 cm³/mol. The van der Waals surface area contributed by atoms with E-state index in [0.29, 0.717) is 5.92 Å². The molecule has 86 valence electrons. The number of rotatable bonds is 3. The molecule has 0 aromatic rings. The number of nitrogens with two attached hydrogens (primary N) is 1. The van der Waals surface area contributed by atoms with Crippen LogP contribution in [0.25, 0.3) is 0 Å². The summed E-state index contributed by atoms with van der Waals surface area (Å²) in [5.74, 6) is 0.0484. The molecule has 2 rings (SSSR count). The molecule has 1 saturated carbocycles. The van der Waals surface area contributed by atoms with Gasteiger partial charge in [0.15, 0.2) is 0 Å². The molecule has 0 spiro atoms. The summed E-state index contributed by atoms with van der Waals surface area (Å²) in [7, 11) is 1.40. The summed E-state index contributed by atoms with van der Waals surface area (Å²) >= 11 is 0.